The van der Waals surface area contributed by atoms with Crippen LogP contribution >= 0.6 is 11.6 Å². The van der Waals surface area contributed by atoms with Crippen LogP contribution in [0.4, 0.5) is 16.3 Å². The van der Waals surface area contributed by atoms with E-state index >= 15 is 0 Å². The Kier molecular flexibility index (Phi) is 5.91. The molecule has 126 valence electrons. The van der Waals surface area contributed by atoms with Crippen molar-refractivity contribution in [2.45, 2.75) is 13.5 Å². The number of hydrogen-bond donors (Lipinski definition) is 5. The molecule has 0 aliphatic carbocycles. The number of anilines is 2. The van der Waals surface area contributed by atoms with Gasteiger partial charge in [0.2, 0.25) is 0 Å². The number of carbonyl (C=O) groups is 1. The fourth-order valence-electron chi connectivity index (χ4n) is 1.89. The molecule has 0 radical (unpaired) electrons. The molecule has 2 aromatic rings. The predicted molar refractivity (Wildman–Crippen MR) is 94.3 cm³/mol. The molecule has 0 saturated carbocycles. The van der Waals surface area contributed by atoms with Crippen LogP contribution in [0.2, 0.25) is 5.02 Å². The second-order valence-electron chi connectivity index (χ2n) is 4.80. The number of nitrogens with zero attached hydrogens (tertiary/aromatic N) is 2. The Morgan fingerprint density at radius 2 is 2.17 bits per heavy atom. The molecule has 0 unspecified atom stereocenters. The van der Waals surface area contributed by atoms with Gasteiger partial charge in [-0.15, -0.1) is 0 Å². The topological polar surface area (TPSA) is 129 Å². The highest BCUT2D eigenvalue weighted by Crippen LogP contribution is 2.15. The molecular weight excluding hydrogens is 330 g/mol. The Bertz CT molecular complexity index is 750. The van der Waals surface area contributed by atoms with E-state index < -0.39 is 6.03 Å². The number of nitrogens with two attached hydrogens (primary N) is 1. The predicted octanol–water partition coefficient (Wildman–Crippen LogP) is 1.97. The monoisotopic (exact) mass is 347 g/mol. The highest BCUT2D eigenvalue weighted by atomic mass is 35.5. The van der Waals surface area contributed by atoms with Gasteiger partial charge in [-0.1, -0.05) is 11.6 Å². The van der Waals surface area contributed by atoms with Crippen molar-refractivity contribution in [1.29, 1.82) is 5.41 Å². The first-order valence-electron chi connectivity index (χ1n) is 7.23. The van der Waals surface area contributed by atoms with Crippen LogP contribution in [0.25, 0.3) is 0 Å². The molecule has 0 atom stereocenters. The van der Waals surface area contributed by atoms with Crippen LogP contribution < -0.4 is 21.7 Å². The molecule has 6 N–H and O–H groups in total. The lowest BCUT2D eigenvalue weighted by Crippen LogP contribution is -2.29. The Hall–Kier alpha value is -2.87. The van der Waals surface area contributed by atoms with Crippen LogP contribution in [0.1, 0.15) is 18.2 Å². The Labute approximate surface area is 144 Å². The van der Waals surface area contributed by atoms with Gasteiger partial charge >= 0.3 is 6.03 Å². The third-order valence-electron chi connectivity index (χ3n) is 3.05. The van der Waals surface area contributed by atoms with Gasteiger partial charge in [-0.05, 0) is 19.1 Å². The van der Waals surface area contributed by atoms with E-state index in [1.807, 2.05) is 6.92 Å². The van der Waals surface area contributed by atoms with E-state index in [4.69, 9.17) is 22.7 Å². The van der Waals surface area contributed by atoms with Gasteiger partial charge in [0.05, 0.1) is 22.8 Å². The van der Waals surface area contributed by atoms with Gasteiger partial charge in [0, 0.05) is 30.7 Å². The molecule has 0 aliphatic heterocycles. The summed E-state index contributed by atoms with van der Waals surface area (Å²) in [5.41, 5.74) is 7.28. The lowest BCUT2D eigenvalue weighted by molar-refractivity contribution is 0.251. The normalized spacial score (nSPS) is 10.1. The van der Waals surface area contributed by atoms with Gasteiger partial charge in [-0.3, -0.25) is 15.7 Å². The number of amides is 2. The smallest absolute Gasteiger partial charge is 0.320 e. The number of halogens is 1. The van der Waals surface area contributed by atoms with Crippen molar-refractivity contribution in [3.05, 3.63) is 46.9 Å². The van der Waals surface area contributed by atoms with Crippen molar-refractivity contribution in [2.75, 3.05) is 17.6 Å². The molecule has 2 aromatic heterocycles. The maximum atomic E-state index is 11.9. The van der Waals surface area contributed by atoms with Crippen molar-refractivity contribution in [2.24, 2.45) is 0 Å². The molecule has 0 saturated heterocycles. The third kappa shape index (κ3) is 4.56. The van der Waals surface area contributed by atoms with E-state index in [2.05, 4.69) is 25.9 Å². The quantitative estimate of drug-likeness (QED) is 0.417. The lowest BCUT2D eigenvalue weighted by Gasteiger charge is -2.11. The summed E-state index contributed by atoms with van der Waals surface area (Å²) in [5, 5.41) is 16.3. The number of carbonyl (C=O) groups excluding carboxylic acids is 1. The second-order valence-corrected chi connectivity index (χ2v) is 5.21. The number of urea groups is 1. The molecule has 2 amide bonds. The molecule has 8 nitrogen and oxygen atoms in total. The first kappa shape index (κ1) is 17.5. The standard InChI is InChI=1S/C15H18ClN7O/c1-2-19-14(18)9-7-21-13(6-11(9)17)23-15(24)22-8-12-10(16)4-3-5-20-12/h3-7H,2,8H2,1H3,(H2,18,19)(H4,17,21,22,23,24). The minimum Gasteiger partial charge on any atom is -0.398 e. The largest absolute Gasteiger partial charge is 0.398 e. The summed E-state index contributed by atoms with van der Waals surface area (Å²) >= 11 is 5.97. The van der Waals surface area contributed by atoms with Crippen LogP contribution in [0.3, 0.4) is 0 Å². The average Bonchev–Trinajstić information content (AvgIpc) is 2.54. The van der Waals surface area contributed by atoms with Gasteiger partial charge in [0.15, 0.2) is 0 Å². The van der Waals surface area contributed by atoms with Crippen molar-refractivity contribution in [3.8, 4) is 0 Å². The summed E-state index contributed by atoms with van der Waals surface area (Å²) in [6.07, 6.45) is 3.03. The summed E-state index contributed by atoms with van der Waals surface area (Å²) < 4.78 is 0. The van der Waals surface area contributed by atoms with Crippen molar-refractivity contribution < 1.29 is 4.79 Å². The first-order valence-corrected chi connectivity index (χ1v) is 7.61. The fourth-order valence-corrected chi connectivity index (χ4v) is 2.08. The van der Waals surface area contributed by atoms with Crippen LogP contribution in [-0.4, -0.2) is 28.4 Å². The molecule has 0 aromatic carbocycles. The Morgan fingerprint density at radius 3 is 2.83 bits per heavy atom. The number of pyridine rings is 2. The fraction of sp³-hybridized carbons (Fsp3) is 0.200. The SMILES string of the molecule is CCNC(=N)c1cnc(NC(=O)NCc2ncccc2Cl)cc1N. The van der Waals surface area contributed by atoms with Gasteiger partial charge < -0.3 is 16.4 Å². The molecule has 9 heteroatoms. The molecule has 0 fully saturated rings. The van der Waals surface area contributed by atoms with Gasteiger partial charge in [-0.2, -0.15) is 0 Å². The third-order valence-corrected chi connectivity index (χ3v) is 3.40. The lowest BCUT2D eigenvalue weighted by atomic mass is 10.2. The molecule has 0 aliphatic rings. The van der Waals surface area contributed by atoms with E-state index in [1.165, 1.54) is 12.3 Å². The number of nitrogens with one attached hydrogen (secondary N) is 4. The molecule has 0 spiro atoms. The summed E-state index contributed by atoms with van der Waals surface area (Å²) in [6, 6.07) is 4.45. The van der Waals surface area contributed by atoms with Gasteiger partial charge in [-0.25, -0.2) is 9.78 Å². The van der Waals surface area contributed by atoms with E-state index in [1.54, 1.807) is 18.3 Å². The second kappa shape index (κ2) is 8.11. The first-order chi connectivity index (χ1) is 11.5. The Morgan fingerprint density at radius 1 is 1.38 bits per heavy atom. The van der Waals surface area contributed by atoms with E-state index in [0.717, 1.165) is 0 Å². The zero-order valence-corrected chi connectivity index (χ0v) is 13.8. The molecule has 2 rings (SSSR count). The summed E-state index contributed by atoms with van der Waals surface area (Å²) in [7, 11) is 0. The minimum atomic E-state index is -0.460. The molecule has 2 heterocycles. The summed E-state index contributed by atoms with van der Waals surface area (Å²) in [4.78, 5) is 20.1. The molecule has 24 heavy (non-hydrogen) atoms. The minimum absolute atomic E-state index is 0.184. The van der Waals surface area contributed by atoms with E-state index in [-0.39, 0.29) is 18.2 Å². The van der Waals surface area contributed by atoms with Crippen molar-refractivity contribution in [3.63, 3.8) is 0 Å². The van der Waals surface area contributed by atoms with Crippen LogP contribution in [-0.2, 0) is 6.54 Å². The number of nitrogen functional groups attached to an aromatic ring is 1. The van der Waals surface area contributed by atoms with Crippen LogP contribution in [0.5, 0.6) is 0 Å². The zero-order chi connectivity index (χ0) is 17.5. The maximum Gasteiger partial charge on any atom is 0.320 e. The molecule has 0 bridgehead atoms. The summed E-state index contributed by atoms with van der Waals surface area (Å²) in [6.45, 7) is 2.67. The summed E-state index contributed by atoms with van der Waals surface area (Å²) in [5.74, 6) is 0.466. The highest BCUT2D eigenvalue weighted by Gasteiger charge is 2.09. The van der Waals surface area contributed by atoms with Gasteiger partial charge in [0.25, 0.3) is 0 Å². The average molecular weight is 348 g/mol. The molecular formula is C15H18ClN7O. The Balaban J connectivity index is 1.96. The van der Waals surface area contributed by atoms with Crippen LogP contribution in [0.15, 0.2) is 30.6 Å². The highest BCUT2D eigenvalue weighted by molar-refractivity contribution is 6.31. The van der Waals surface area contributed by atoms with Crippen LogP contribution in [0, 0.1) is 5.41 Å². The van der Waals surface area contributed by atoms with Crippen molar-refractivity contribution >= 4 is 35.0 Å². The number of hydrogen-bond acceptors (Lipinski definition) is 5. The number of rotatable bonds is 5. The zero-order valence-electron chi connectivity index (χ0n) is 13.1. The maximum absolute atomic E-state index is 11.9. The number of amidine groups is 1. The van der Waals surface area contributed by atoms with E-state index in [0.29, 0.717) is 28.5 Å². The van der Waals surface area contributed by atoms with Crippen molar-refractivity contribution in [1.82, 2.24) is 20.6 Å². The number of aromatic nitrogens is 2. The van der Waals surface area contributed by atoms with E-state index in [9.17, 15) is 4.79 Å². The van der Waals surface area contributed by atoms with Gasteiger partial charge in [0.1, 0.15) is 11.7 Å².